The van der Waals surface area contributed by atoms with Gasteiger partial charge in [-0.05, 0) is 72.3 Å². The quantitative estimate of drug-likeness (QED) is 0.0616. The second-order valence-electron chi connectivity index (χ2n) is 14.0. The van der Waals surface area contributed by atoms with E-state index < -0.39 is 0 Å². The van der Waals surface area contributed by atoms with E-state index in [1.807, 2.05) is 0 Å². The number of aryl methyl sites for hydroxylation is 2. The maximum absolute atomic E-state index is 2.43. The summed E-state index contributed by atoms with van der Waals surface area (Å²) in [6.45, 7) is 19.0. The Bertz CT molecular complexity index is 1570. The summed E-state index contributed by atoms with van der Waals surface area (Å²) >= 11 is 0. The van der Waals surface area contributed by atoms with Crippen LogP contribution in [0, 0.1) is 0 Å². The fourth-order valence-corrected chi connectivity index (χ4v) is 13.3. The van der Waals surface area contributed by atoms with Gasteiger partial charge in [0, 0.05) is 25.8 Å². The van der Waals surface area contributed by atoms with E-state index in [9.17, 15) is 0 Å². The van der Waals surface area contributed by atoms with Crippen molar-refractivity contribution < 1.29 is 25.8 Å². The van der Waals surface area contributed by atoms with Gasteiger partial charge in [-0.25, -0.2) is 0 Å². The smallest absolute Gasteiger partial charge is 0 e. The van der Waals surface area contributed by atoms with Gasteiger partial charge in [-0.2, -0.15) is 12.1 Å². The summed E-state index contributed by atoms with van der Waals surface area (Å²) in [4.78, 5) is 0. The standard InChI is InChI=1S/2C17H24P.C14H14.Hf/c2*1-5-13(3)18(14(4)6-2)17-11-15-9-7-8-10-16(15)12-17;1-3-7-13(8-4-1)11-12-14-9-5-2-6-10-14;/h2*7-14H,5-6H2,1-4H3;1-10H,11-12H2;/q2*-1;;. The summed E-state index contributed by atoms with van der Waals surface area (Å²) in [5.74, 6) is 0. The third-order valence-corrected chi connectivity index (χ3v) is 17.4. The van der Waals surface area contributed by atoms with E-state index in [1.165, 1.54) is 58.4 Å². The SMILES string of the molecule is CCC(C)P(c1cc2ccccc2[cH-]1)C(C)CC.CCC(C)P(c1cc2ccccc2[cH-]1)C(C)CC.[Hf].c1ccc(CCc2ccccc2)cc1. The van der Waals surface area contributed by atoms with Crippen molar-refractivity contribution in [2.45, 2.75) is 117 Å². The summed E-state index contributed by atoms with van der Waals surface area (Å²) in [7, 11) is -0.0504. The van der Waals surface area contributed by atoms with E-state index in [0.717, 1.165) is 35.5 Å². The molecule has 6 aromatic carbocycles. The van der Waals surface area contributed by atoms with Crippen LogP contribution in [0.1, 0.15) is 92.2 Å². The molecular formula is C48H62HfP2-2. The zero-order valence-corrected chi connectivity index (χ0v) is 38.0. The van der Waals surface area contributed by atoms with Crippen LogP contribution in [-0.2, 0) is 38.7 Å². The molecule has 6 aromatic rings. The van der Waals surface area contributed by atoms with E-state index in [4.69, 9.17) is 0 Å². The van der Waals surface area contributed by atoms with Crippen molar-refractivity contribution in [3.05, 3.63) is 145 Å². The molecule has 0 amide bonds. The van der Waals surface area contributed by atoms with Crippen molar-refractivity contribution in [3.8, 4) is 0 Å². The van der Waals surface area contributed by atoms with Crippen LogP contribution in [0.5, 0.6) is 0 Å². The van der Waals surface area contributed by atoms with Gasteiger partial charge in [-0.15, -0.1) is 80.7 Å². The van der Waals surface area contributed by atoms with Gasteiger partial charge in [0.05, 0.1) is 0 Å². The second kappa shape index (κ2) is 22.8. The molecule has 0 aliphatic rings. The number of hydrogen-bond acceptors (Lipinski definition) is 0. The Balaban J connectivity index is 0.000000206. The van der Waals surface area contributed by atoms with Crippen LogP contribution in [0.3, 0.4) is 0 Å². The average Bonchev–Trinajstić information content (AvgIpc) is 3.79. The van der Waals surface area contributed by atoms with Crippen molar-refractivity contribution in [2.75, 3.05) is 0 Å². The third kappa shape index (κ3) is 12.7. The first-order chi connectivity index (χ1) is 24.3. The molecule has 6 rings (SSSR count). The van der Waals surface area contributed by atoms with Gasteiger partial charge < -0.3 is 0 Å². The fourth-order valence-electron chi connectivity index (χ4n) is 6.82. The predicted octanol–water partition coefficient (Wildman–Crippen LogP) is 14.0. The minimum Gasteiger partial charge on any atom is -0.161 e. The van der Waals surface area contributed by atoms with Crippen molar-refractivity contribution in [1.29, 1.82) is 0 Å². The first kappa shape index (κ1) is 43.2. The van der Waals surface area contributed by atoms with E-state index in [-0.39, 0.29) is 41.7 Å². The zero-order valence-electron chi connectivity index (χ0n) is 32.6. The summed E-state index contributed by atoms with van der Waals surface area (Å²) < 4.78 is 0. The maximum atomic E-state index is 2.43. The zero-order chi connectivity index (χ0) is 35.9. The first-order valence-corrected chi connectivity index (χ1v) is 22.2. The van der Waals surface area contributed by atoms with Crippen LogP contribution in [0.4, 0.5) is 0 Å². The molecule has 3 heteroatoms. The van der Waals surface area contributed by atoms with Gasteiger partial charge >= 0.3 is 0 Å². The van der Waals surface area contributed by atoms with E-state index >= 15 is 0 Å². The molecule has 270 valence electrons. The summed E-state index contributed by atoms with van der Waals surface area (Å²) in [6, 6.07) is 48.5. The summed E-state index contributed by atoms with van der Waals surface area (Å²) in [5, 5.41) is 8.85. The minimum atomic E-state index is -0.0252. The second-order valence-corrected chi connectivity index (χ2v) is 20.2. The van der Waals surface area contributed by atoms with Gasteiger partial charge in [0.25, 0.3) is 0 Å². The Morgan fingerprint density at radius 2 is 0.725 bits per heavy atom. The molecule has 0 saturated heterocycles. The number of hydrogen-bond donors (Lipinski definition) is 0. The molecule has 0 heterocycles. The molecule has 0 N–H and O–H groups in total. The summed E-state index contributed by atoms with van der Waals surface area (Å²) in [5.41, 5.74) is 6.13. The van der Waals surface area contributed by atoms with Crippen LogP contribution >= 0.6 is 15.8 Å². The van der Waals surface area contributed by atoms with Gasteiger partial charge in [-0.3, -0.25) is 0 Å². The Morgan fingerprint density at radius 1 is 0.431 bits per heavy atom. The number of rotatable bonds is 13. The molecule has 0 aromatic heterocycles. The topological polar surface area (TPSA) is 0 Å². The van der Waals surface area contributed by atoms with Crippen molar-refractivity contribution in [3.63, 3.8) is 0 Å². The average molecular weight is 879 g/mol. The molecule has 0 bridgehead atoms. The van der Waals surface area contributed by atoms with Gasteiger partial charge in [0.2, 0.25) is 0 Å². The fraction of sp³-hybridized carbons (Fsp3) is 0.375. The molecule has 0 nitrogen and oxygen atoms in total. The minimum absolute atomic E-state index is 0. The largest absolute Gasteiger partial charge is 0.161 e. The Hall–Kier alpha value is -2.17. The van der Waals surface area contributed by atoms with Crippen molar-refractivity contribution in [1.82, 2.24) is 0 Å². The van der Waals surface area contributed by atoms with Crippen molar-refractivity contribution in [2.24, 2.45) is 0 Å². The molecule has 4 atom stereocenters. The van der Waals surface area contributed by atoms with Crippen LogP contribution in [0.15, 0.2) is 133 Å². The monoisotopic (exact) mass is 880 g/mol. The Labute approximate surface area is 332 Å². The van der Waals surface area contributed by atoms with Crippen LogP contribution in [0.25, 0.3) is 21.5 Å². The van der Waals surface area contributed by atoms with Crippen molar-refractivity contribution >= 4 is 48.0 Å². The first-order valence-electron chi connectivity index (χ1n) is 19.2. The van der Waals surface area contributed by atoms with E-state index in [2.05, 4.69) is 189 Å². The summed E-state index contributed by atoms with van der Waals surface area (Å²) in [6.07, 6.45) is 7.42. The molecule has 0 spiro atoms. The molecule has 0 aliphatic heterocycles. The van der Waals surface area contributed by atoms with Gasteiger partial charge in [-0.1, -0.05) is 144 Å². The Kier molecular flexibility index (Phi) is 19.3. The van der Waals surface area contributed by atoms with Gasteiger partial charge in [0.15, 0.2) is 0 Å². The molecule has 0 radical (unpaired) electrons. The molecular weight excluding hydrogens is 817 g/mol. The molecule has 4 unspecified atom stereocenters. The van der Waals surface area contributed by atoms with E-state index in [0.29, 0.717) is 0 Å². The number of benzene rings is 4. The van der Waals surface area contributed by atoms with Gasteiger partial charge in [0.1, 0.15) is 0 Å². The maximum Gasteiger partial charge on any atom is 0 e. The molecule has 0 saturated carbocycles. The molecule has 0 fully saturated rings. The molecule has 0 aliphatic carbocycles. The van der Waals surface area contributed by atoms with Crippen LogP contribution in [-0.4, -0.2) is 22.6 Å². The third-order valence-electron chi connectivity index (χ3n) is 10.5. The Morgan fingerprint density at radius 3 is 1.02 bits per heavy atom. The predicted molar refractivity (Wildman–Crippen MR) is 231 cm³/mol. The van der Waals surface area contributed by atoms with Crippen LogP contribution in [0.2, 0.25) is 0 Å². The van der Waals surface area contributed by atoms with Crippen LogP contribution < -0.4 is 10.6 Å². The number of fused-ring (bicyclic) bond motifs is 2. The molecule has 51 heavy (non-hydrogen) atoms. The van der Waals surface area contributed by atoms with E-state index in [1.54, 1.807) is 10.6 Å². The normalized spacial score (nSPS) is 14.5.